The molecule has 31 heavy (non-hydrogen) atoms. The molecule has 2 aromatic carbocycles. The van der Waals surface area contributed by atoms with Gasteiger partial charge < -0.3 is 4.90 Å². The van der Waals surface area contributed by atoms with E-state index in [1.54, 1.807) is 13.8 Å². The summed E-state index contributed by atoms with van der Waals surface area (Å²) in [6, 6.07) is 9.88. The Morgan fingerprint density at radius 3 is 2.10 bits per heavy atom. The maximum Gasteiger partial charge on any atom is 0.258 e. The number of halogens is 1. The lowest BCUT2D eigenvalue weighted by Gasteiger charge is -2.28. The van der Waals surface area contributed by atoms with Gasteiger partial charge in [0.1, 0.15) is 5.82 Å². The van der Waals surface area contributed by atoms with Crippen LogP contribution in [-0.4, -0.2) is 51.9 Å². The fraction of sp³-hybridized carbons (Fsp3) is 0.286. The summed E-state index contributed by atoms with van der Waals surface area (Å²) in [7, 11) is -7.12. The molecule has 166 valence electrons. The van der Waals surface area contributed by atoms with Crippen LogP contribution in [0.1, 0.15) is 24.2 Å². The molecule has 0 spiro atoms. The van der Waals surface area contributed by atoms with Crippen molar-refractivity contribution in [1.29, 1.82) is 0 Å². The first-order valence-corrected chi connectivity index (χ1v) is 12.8. The van der Waals surface area contributed by atoms with E-state index in [1.165, 1.54) is 63.8 Å². The number of hydrogen-bond donors (Lipinski definition) is 0. The van der Waals surface area contributed by atoms with E-state index in [-0.39, 0.29) is 16.2 Å². The van der Waals surface area contributed by atoms with Crippen molar-refractivity contribution in [3.63, 3.8) is 0 Å². The molecule has 0 saturated heterocycles. The van der Waals surface area contributed by atoms with Crippen molar-refractivity contribution >= 4 is 31.5 Å². The van der Waals surface area contributed by atoms with Crippen LogP contribution in [0.3, 0.4) is 0 Å². The smallest absolute Gasteiger partial charge is 0.258 e. The van der Waals surface area contributed by atoms with E-state index >= 15 is 0 Å². The maximum absolute atomic E-state index is 13.4. The molecule has 2 aromatic rings. The average Bonchev–Trinajstić information content (AvgIpc) is 3.09. The van der Waals surface area contributed by atoms with Crippen molar-refractivity contribution in [2.45, 2.75) is 24.8 Å². The molecule has 0 aliphatic carbocycles. The van der Waals surface area contributed by atoms with Gasteiger partial charge in [0.25, 0.3) is 5.91 Å². The molecule has 0 fully saturated rings. The minimum absolute atomic E-state index is 0.0597. The molecular formula is C21H23FN2O5S2. The van der Waals surface area contributed by atoms with Gasteiger partial charge in [0, 0.05) is 29.7 Å². The van der Waals surface area contributed by atoms with Crippen LogP contribution in [0.2, 0.25) is 0 Å². The zero-order valence-electron chi connectivity index (χ0n) is 17.1. The number of carbonyl (C=O) groups excluding carboxylic acids is 1. The molecule has 0 radical (unpaired) electrons. The largest absolute Gasteiger partial charge is 0.300 e. The Kier molecular flexibility index (Phi) is 6.63. The summed E-state index contributed by atoms with van der Waals surface area (Å²) in [5.41, 5.74) is 0.513. The first kappa shape index (κ1) is 23.1. The van der Waals surface area contributed by atoms with Crippen LogP contribution in [0, 0.1) is 5.82 Å². The van der Waals surface area contributed by atoms with Crippen molar-refractivity contribution in [1.82, 2.24) is 4.31 Å². The molecule has 10 heteroatoms. The molecular weight excluding hydrogens is 443 g/mol. The highest BCUT2D eigenvalue weighted by Gasteiger charge is 2.32. The standard InChI is InChI=1S/C21H23FN2O5S2/c1-3-23(4-2)31(28,29)20-11-5-16(6-12-20)21(25)24(18-9-7-17(22)8-10-18)19-13-14-30(26,27)15-19/h5-14,19H,3-4,15H2,1-2H3/t19-/m0/s1. The van der Waals surface area contributed by atoms with Crippen molar-refractivity contribution < 1.29 is 26.0 Å². The second kappa shape index (κ2) is 8.89. The molecule has 1 aliphatic rings. The summed E-state index contributed by atoms with van der Waals surface area (Å²) in [6.07, 6.45) is 1.41. The van der Waals surface area contributed by atoms with Crippen LogP contribution >= 0.6 is 0 Å². The van der Waals surface area contributed by atoms with Crippen molar-refractivity contribution in [2.24, 2.45) is 0 Å². The van der Waals surface area contributed by atoms with E-state index in [4.69, 9.17) is 0 Å². The predicted octanol–water partition coefficient (Wildman–Crippen LogP) is 2.81. The van der Waals surface area contributed by atoms with E-state index in [0.717, 1.165) is 5.41 Å². The Hall–Kier alpha value is -2.56. The summed E-state index contributed by atoms with van der Waals surface area (Å²) < 4.78 is 63.8. The highest BCUT2D eigenvalue weighted by molar-refractivity contribution is 7.94. The predicted molar refractivity (Wildman–Crippen MR) is 116 cm³/mol. The first-order chi connectivity index (χ1) is 14.6. The van der Waals surface area contributed by atoms with Gasteiger partial charge in [-0.2, -0.15) is 4.31 Å². The van der Waals surface area contributed by atoms with Crippen molar-refractivity contribution in [2.75, 3.05) is 23.7 Å². The number of sulfonamides is 1. The van der Waals surface area contributed by atoms with Gasteiger partial charge in [-0.1, -0.05) is 13.8 Å². The molecule has 7 nitrogen and oxygen atoms in total. The van der Waals surface area contributed by atoms with Crippen LogP contribution in [0.15, 0.2) is 64.9 Å². The number of rotatable bonds is 7. The SMILES string of the molecule is CCN(CC)S(=O)(=O)c1ccc(C(=O)N(c2ccc(F)cc2)[C@H]2C=CS(=O)(=O)C2)cc1. The first-order valence-electron chi connectivity index (χ1n) is 9.69. The molecule has 1 amide bonds. The molecule has 0 N–H and O–H groups in total. The Balaban J connectivity index is 1.97. The van der Waals surface area contributed by atoms with Crippen LogP contribution in [0.4, 0.5) is 10.1 Å². The number of anilines is 1. The topological polar surface area (TPSA) is 91.8 Å². The normalized spacial score (nSPS) is 17.7. The van der Waals surface area contributed by atoms with Gasteiger partial charge in [0.15, 0.2) is 9.84 Å². The fourth-order valence-electron chi connectivity index (χ4n) is 3.40. The second-order valence-electron chi connectivity index (χ2n) is 6.99. The maximum atomic E-state index is 13.4. The number of hydrogen-bond acceptors (Lipinski definition) is 5. The monoisotopic (exact) mass is 466 g/mol. The third-order valence-electron chi connectivity index (χ3n) is 5.01. The van der Waals surface area contributed by atoms with Crippen molar-refractivity contribution in [3.05, 3.63) is 71.4 Å². The number of carbonyl (C=O) groups is 1. The van der Waals surface area contributed by atoms with Crippen LogP contribution < -0.4 is 4.90 Å². The Morgan fingerprint density at radius 1 is 1.03 bits per heavy atom. The third kappa shape index (κ3) is 4.86. The van der Waals surface area contributed by atoms with Gasteiger partial charge in [-0.3, -0.25) is 4.79 Å². The summed E-state index contributed by atoms with van der Waals surface area (Å²) in [6.45, 7) is 4.12. The molecule has 0 aromatic heterocycles. The van der Waals surface area contributed by atoms with E-state index in [2.05, 4.69) is 0 Å². The number of benzene rings is 2. The van der Waals surface area contributed by atoms with Crippen LogP contribution in [-0.2, 0) is 19.9 Å². The summed E-state index contributed by atoms with van der Waals surface area (Å²) in [5, 5.41) is 1.06. The zero-order valence-corrected chi connectivity index (χ0v) is 18.7. The third-order valence-corrected chi connectivity index (χ3v) is 8.45. The lowest BCUT2D eigenvalue weighted by Crippen LogP contribution is -2.41. The van der Waals surface area contributed by atoms with Crippen LogP contribution in [0.5, 0.6) is 0 Å². The highest BCUT2D eigenvalue weighted by atomic mass is 32.2. The van der Waals surface area contributed by atoms with E-state index in [9.17, 15) is 26.0 Å². The van der Waals surface area contributed by atoms with Gasteiger partial charge >= 0.3 is 0 Å². The summed E-state index contributed by atoms with van der Waals surface area (Å²) in [5.74, 6) is -1.30. The lowest BCUT2D eigenvalue weighted by molar-refractivity contribution is 0.0983. The number of amides is 1. The van der Waals surface area contributed by atoms with Gasteiger partial charge in [-0.15, -0.1) is 0 Å². The average molecular weight is 467 g/mol. The minimum atomic E-state index is -3.68. The zero-order chi connectivity index (χ0) is 22.8. The molecule has 0 bridgehead atoms. The van der Waals surface area contributed by atoms with Crippen LogP contribution in [0.25, 0.3) is 0 Å². The van der Waals surface area contributed by atoms with E-state index < -0.39 is 37.6 Å². The minimum Gasteiger partial charge on any atom is -0.300 e. The molecule has 0 unspecified atom stereocenters. The molecule has 1 atom stereocenters. The van der Waals surface area contributed by atoms with Crippen molar-refractivity contribution in [3.8, 4) is 0 Å². The quantitative estimate of drug-likeness (QED) is 0.626. The number of sulfone groups is 1. The summed E-state index contributed by atoms with van der Waals surface area (Å²) >= 11 is 0. The Bertz CT molecular complexity index is 1190. The molecule has 3 rings (SSSR count). The highest BCUT2D eigenvalue weighted by Crippen LogP contribution is 2.26. The lowest BCUT2D eigenvalue weighted by atomic mass is 10.1. The molecule has 1 heterocycles. The van der Waals surface area contributed by atoms with Gasteiger partial charge in [-0.05, 0) is 54.6 Å². The second-order valence-corrected chi connectivity index (χ2v) is 10.9. The molecule has 0 saturated carbocycles. The van der Waals surface area contributed by atoms with Gasteiger partial charge in [0.2, 0.25) is 10.0 Å². The molecule has 1 aliphatic heterocycles. The van der Waals surface area contributed by atoms with E-state index in [1.807, 2.05) is 0 Å². The van der Waals surface area contributed by atoms with E-state index in [0.29, 0.717) is 18.8 Å². The Labute approximate surface area is 181 Å². The number of nitrogens with zero attached hydrogens (tertiary/aromatic N) is 2. The van der Waals surface area contributed by atoms with Gasteiger partial charge in [-0.25, -0.2) is 21.2 Å². The fourth-order valence-corrected chi connectivity index (χ4v) is 6.13. The summed E-state index contributed by atoms with van der Waals surface area (Å²) in [4.78, 5) is 14.6. The Morgan fingerprint density at radius 2 is 1.61 bits per heavy atom. The van der Waals surface area contributed by atoms with Gasteiger partial charge in [0.05, 0.1) is 16.7 Å².